The van der Waals surface area contributed by atoms with E-state index in [1.165, 1.54) is 4.90 Å². The number of amides is 3. The molecule has 1 atom stereocenters. The molecule has 2 fully saturated rings. The lowest BCUT2D eigenvalue weighted by molar-refractivity contribution is -0.126. The zero-order valence-corrected chi connectivity index (χ0v) is 14.8. The van der Waals surface area contributed by atoms with Crippen molar-refractivity contribution in [2.45, 2.75) is 50.7 Å². The van der Waals surface area contributed by atoms with Crippen molar-refractivity contribution >= 4 is 17.7 Å². The molecule has 1 N–H and O–H groups in total. The molecule has 1 aromatic carbocycles. The molecule has 3 amide bonds. The molecule has 0 aromatic heterocycles. The Morgan fingerprint density at radius 2 is 1.69 bits per heavy atom. The van der Waals surface area contributed by atoms with E-state index in [9.17, 15) is 14.4 Å². The Morgan fingerprint density at radius 3 is 2.27 bits per heavy atom. The Morgan fingerprint density at radius 1 is 1.04 bits per heavy atom. The van der Waals surface area contributed by atoms with Gasteiger partial charge in [0, 0.05) is 25.1 Å². The summed E-state index contributed by atoms with van der Waals surface area (Å²) in [6.07, 6.45) is 4.99. The molecule has 26 heavy (non-hydrogen) atoms. The topological polar surface area (TPSA) is 75.7 Å². The molecule has 2 aliphatic heterocycles. The highest BCUT2D eigenvalue weighted by atomic mass is 16.5. The molecule has 3 aliphatic rings. The van der Waals surface area contributed by atoms with Gasteiger partial charge in [-0.25, -0.2) is 0 Å². The van der Waals surface area contributed by atoms with Crippen molar-refractivity contribution < 1.29 is 19.1 Å². The SMILES string of the molecule is O=C(NC[C@H]1CCCO1)C1CCC(N2C(=O)c3ccccc3C2=O)CC1. The zero-order chi connectivity index (χ0) is 18.1. The van der Waals surface area contributed by atoms with Crippen molar-refractivity contribution in [2.24, 2.45) is 5.92 Å². The summed E-state index contributed by atoms with van der Waals surface area (Å²) in [7, 11) is 0. The molecule has 138 valence electrons. The Bertz CT molecular complexity index is 683. The molecule has 1 saturated carbocycles. The Labute approximate surface area is 152 Å². The fourth-order valence-electron chi connectivity index (χ4n) is 4.30. The van der Waals surface area contributed by atoms with Gasteiger partial charge in [-0.2, -0.15) is 0 Å². The highest BCUT2D eigenvalue weighted by Crippen LogP contribution is 2.33. The number of carbonyl (C=O) groups is 3. The summed E-state index contributed by atoms with van der Waals surface area (Å²) < 4.78 is 5.53. The van der Waals surface area contributed by atoms with Crippen molar-refractivity contribution in [3.05, 3.63) is 35.4 Å². The van der Waals surface area contributed by atoms with Crippen LogP contribution in [0.25, 0.3) is 0 Å². The number of fused-ring (bicyclic) bond motifs is 1. The molecule has 6 nitrogen and oxygen atoms in total. The van der Waals surface area contributed by atoms with Gasteiger partial charge < -0.3 is 10.1 Å². The maximum atomic E-state index is 12.6. The lowest BCUT2D eigenvalue weighted by Crippen LogP contribution is -2.44. The van der Waals surface area contributed by atoms with E-state index in [1.807, 2.05) is 0 Å². The molecule has 1 aromatic rings. The lowest BCUT2D eigenvalue weighted by atomic mass is 9.84. The Hall–Kier alpha value is -2.21. The minimum absolute atomic E-state index is 0.0390. The van der Waals surface area contributed by atoms with Gasteiger partial charge in [0.2, 0.25) is 5.91 Å². The smallest absolute Gasteiger partial charge is 0.261 e. The third-order valence-corrected chi connectivity index (χ3v) is 5.79. The van der Waals surface area contributed by atoms with Crippen molar-refractivity contribution in [2.75, 3.05) is 13.2 Å². The van der Waals surface area contributed by atoms with E-state index in [1.54, 1.807) is 24.3 Å². The van der Waals surface area contributed by atoms with Crippen LogP contribution in [0.5, 0.6) is 0 Å². The summed E-state index contributed by atoms with van der Waals surface area (Å²) in [6, 6.07) is 6.87. The van der Waals surface area contributed by atoms with Crippen LogP contribution in [-0.2, 0) is 9.53 Å². The molecule has 1 aliphatic carbocycles. The molecule has 0 radical (unpaired) electrons. The number of benzene rings is 1. The van der Waals surface area contributed by atoms with Gasteiger partial charge >= 0.3 is 0 Å². The van der Waals surface area contributed by atoms with E-state index in [0.29, 0.717) is 43.4 Å². The zero-order valence-electron chi connectivity index (χ0n) is 14.8. The molecule has 1 saturated heterocycles. The minimum Gasteiger partial charge on any atom is -0.376 e. The second-order valence-electron chi connectivity index (χ2n) is 7.41. The van der Waals surface area contributed by atoms with Crippen molar-refractivity contribution in [1.29, 1.82) is 0 Å². The number of imide groups is 1. The molecule has 4 rings (SSSR count). The van der Waals surface area contributed by atoms with Crippen LogP contribution in [0.4, 0.5) is 0 Å². The van der Waals surface area contributed by atoms with Crippen LogP contribution >= 0.6 is 0 Å². The average molecular weight is 356 g/mol. The van der Waals surface area contributed by atoms with Crippen LogP contribution in [0.2, 0.25) is 0 Å². The Balaban J connectivity index is 1.32. The van der Waals surface area contributed by atoms with E-state index in [-0.39, 0.29) is 35.8 Å². The number of nitrogens with one attached hydrogen (secondary N) is 1. The summed E-state index contributed by atoms with van der Waals surface area (Å²) in [5.74, 6) is -0.363. The summed E-state index contributed by atoms with van der Waals surface area (Å²) in [4.78, 5) is 39.0. The van der Waals surface area contributed by atoms with Crippen LogP contribution in [0.3, 0.4) is 0 Å². The van der Waals surface area contributed by atoms with Gasteiger partial charge in [-0.05, 0) is 50.7 Å². The first kappa shape index (κ1) is 17.2. The van der Waals surface area contributed by atoms with Crippen LogP contribution in [0.1, 0.15) is 59.2 Å². The van der Waals surface area contributed by atoms with Crippen LogP contribution in [0.15, 0.2) is 24.3 Å². The monoisotopic (exact) mass is 356 g/mol. The van der Waals surface area contributed by atoms with E-state index < -0.39 is 0 Å². The van der Waals surface area contributed by atoms with Gasteiger partial charge in [0.05, 0.1) is 17.2 Å². The van der Waals surface area contributed by atoms with Gasteiger partial charge in [0.25, 0.3) is 11.8 Å². The number of ether oxygens (including phenoxy) is 1. The van der Waals surface area contributed by atoms with Gasteiger partial charge in [-0.1, -0.05) is 12.1 Å². The number of nitrogens with zero attached hydrogens (tertiary/aromatic N) is 1. The molecule has 0 unspecified atom stereocenters. The molecule has 0 bridgehead atoms. The minimum atomic E-state index is -0.197. The van der Waals surface area contributed by atoms with Gasteiger partial charge in [0.15, 0.2) is 0 Å². The quantitative estimate of drug-likeness (QED) is 0.839. The molecule has 6 heteroatoms. The second-order valence-corrected chi connectivity index (χ2v) is 7.41. The predicted molar refractivity (Wildman–Crippen MR) is 94.7 cm³/mol. The van der Waals surface area contributed by atoms with Crippen LogP contribution in [-0.4, -0.2) is 47.9 Å². The van der Waals surface area contributed by atoms with Gasteiger partial charge in [-0.15, -0.1) is 0 Å². The fraction of sp³-hybridized carbons (Fsp3) is 0.550. The van der Waals surface area contributed by atoms with E-state index in [2.05, 4.69) is 5.32 Å². The maximum Gasteiger partial charge on any atom is 0.261 e. The molecule has 2 heterocycles. The molecule has 0 spiro atoms. The Kier molecular flexibility index (Phi) is 4.76. The average Bonchev–Trinajstić information content (AvgIpc) is 3.28. The van der Waals surface area contributed by atoms with Gasteiger partial charge in [-0.3, -0.25) is 19.3 Å². The largest absolute Gasteiger partial charge is 0.376 e. The third kappa shape index (κ3) is 3.14. The van der Waals surface area contributed by atoms with Crippen molar-refractivity contribution in [1.82, 2.24) is 10.2 Å². The number of rotatable bonds is 4. The van der Waals surface area contributed by atoms with E-state index in [4.69, 9.17) is 4.74 Å². The maximum absolute atomic E-state index is 12.6. The highest BCUT2D eigenvalue weighted by molar-refractivity contribution is 6.21. The first-order valence-electron chi connectivity index (χ1n) is 9.51. The predicted octanol–water partition coefficient (Wildman–Crippen LogP) is 2.14. The summed E-state index contributed by atoms with van der Waals surface area (Å²) in [5, 5.41) is 3.00. The summed E-state index contributed by atoms with van der Waals surface area (Å²) in [5.41, 5.74) is 0.989. The molecular formula is C20H24N2O4. The number of hydrogen-bond donors (Lipinski definition) is 1. The number of carbonyl (C=O) groups excluding carboxylic acids is 3. The van der Waals surface area contributed by atoms with E-state index in [0.717, 1.165) is 19.4 Å². The van der Waals surface area contributed by atoms with Crippen molar-refractivity contribution in [3.8, 4) is 0 Å². The normalized spacial score (nSPS) is 28.3. The first-order chi connectivity index (χ1) is 12.6. The second kappa shape index (κ2) is 7.19. The van der Waals surface area contributed by atoms with E-state index >= 15 is 0 Å². The first-order valence-corrected chi connectivity index (χ1v) is 9.51. The fourth-order valence-corrected chi connectivity index (χ4v) is 4.30. The number of hydrogen-bond acceptors (Lipinski definition) is 4. The molecular weight excluding hydrogens is 332 g/mol. The third-order valence-electron chi connectivity index (χ3n) is 5.79. The van der Waals surface area contributed by atoms with Gasteiger partial charge in [0.1, 0.15) is 0 Å². The van der Waals surface area contributed by atoms with Crippen molar-refractivity contribution in [3.63, 3.8) is 0 Å². The van der Waals surface area contributed by atoms with Crippen LogP contribution < -0.4 is 5.32 Å². The van der Waals surface area contributed by atoms with Crippen LogP contribution in [0, 0.1) is 5.92 Å². The standard InChI is InChI=1S/C20H24N2O4/c23-18(21-12-15-4-3-11-26-15)13-7-9-14(10-8-13)22-19(24)16-5-1-2-6-17(16)20(22)25/h1-2,5-6,13-15H,3-4,7-12H2,(H,21,23)/t13?,14?,15-/m1/s1. The summed E-state index contributed by atoms with van der Waals surface area (Å²) in [6.45, 7) is 1.36. The lowest BCUT2D eigenvalue weighted by Gasteiger charge is -2.33. The highest BCUT2D eigenvalue weighted by Gasteiger charge is 2.41. The summed E-state index contributed by atoms with van der Waals surface area (Å²) >= 11 is 0.